The van der Waals surface area contributed by atoms with Gasteiger partial charge in [-0.15, -0.1) is 0 Å². The standard InChI is InChI=1S/C12H13FN4S/c1-2-8-11(17-14)15-7-16-12(8)18-10-6-4-3-5-9(10)13/h3-7H,2,14H2,1H3,(H,15,16,17). The van der Waals surface area contributed by atoms with E-state index in [1.807, 2.05) is 6.92 Å². The summed E-state index contributed by atoms with van der Waals surface area (Å²) in [5.41, 5.74) is 3.41. The molecule has 1 aromatic carbocycles. The summed E-state index contributed by atoms with van der Waals surface area (Å²) in [7, 11) is 0. The summed E-state index contributed by atoms with van der Waals surface area (Å²) >= 11 is 1.27. The fourth-order valence-corrected chi connectivity index (χ4v) is 2.54. The number of hydrogen-bond acceptors (Lipinski definition) is 5. The van der Waals surface area contributed by atoms with E-state index in [-0.39, 0.29) is 5.82 Å². The average Bonchev–Trinajstić information content (AvgIpc) is 2.41. The molecule has 3 N–H and O–H groups in total. The van der Waals surface area contributed by atoms with E-state index < -0.39 is 0 Å². The summed E-state index contributed by atoms with van der Waals surface area (Å²) in [4.78, 5) is 8.76. The first-order chi connectivity index (χ1) is 8.76. The van der Waals surface area contributed by atoms with Gasteiger partial charge in [0.15, 0.2) is 0 Å². The molecule has 0 saturated carbocycles. The van der Waals surface area contributed by atoms with Crippen molar-refractivity contribution in [2.45, 2.75) is 23.3 Å². The van der Waals surface area contributed by atoms with E-state index in [0.717, 1.165) is 12.0 Å². The Kier molecular flexibility index (Phi) is 4.11. The molecule has 94 valence electrons. The second-order valence-electron chi connectivity index (χ2n) is 3.54. The first kappa shape index (κ1) is 12.8. The highest BCUT2D eigenvalue weighted by atomic mass is 32.2. The Balaban J connectivity index is 2.37. The van der Waals surface area contributed by atoms with Crippen LogP contribution >= 0.6 is 11.8 Å². The van der Waals surface area contributed by atoms with Crippen molar-refractivity contribution in [2.75, 3.05) is 5.43 Å². The summed E-state index contributed by atoms with van der Waals surface area (Å²) in [5.74, 6) is 5.71. The van der Waals surface area contributed by atoms with Gasteiger partial charge in [0.25, 0.3) is 0 Å². The number of aromatic nitrogens is 2. The van der Waals surface area contributed by atoms with Crippen LogP contribution < -0.4 is 11.3 Å². The van der Waals surface area contributed by atoms with Gasteiger partial charge in [-0.2, -0.15) is 0 Å². The smallest absolute Gasteiger partial charge is 0.147 e. The van der Waals surface area contributed by atoms with Crippen molar-refractivity contribution in [3.63, 3.8) is 0 Å². The molecule has 2 aromatic rings. The van der Waals surface area contributed by atoms with Gasteiger partial charge in [0.05, 0.1) is 0 Å². The van der Waals surface area contributed by atoms with E-state index in [2.05, 4.69) is 15.4 Å². The number of hydrazine groups is 1. The minimum absolute atomic E-state index is 0.259. The van der Waals surface area contributed by atoms with Gasteiger partial charge >= 0.3 is 0 Å². The fourth-order valence-electron chi connectivity index (χ4n) is 1.56. The molecule has 0 bridgehead atoms. The lowest BCUT2D eigenvalue weighted by Gasteiger charge is -2.10. The van der Waals surface area contributed by atoms with Crippen molar-refractivity contribution < 1.29 is 4.39 Å². The van der Waals surface area contributed by atoms with Gasteiger partial charge in [-0.1, -0.05) is 30.8 Å². The summed E-state index contributed by atoms with van der Waals surface area (Å²) in [6.07, 6.45) is 2.13. The van der Waals surface area contributed by atoms with E-state index in [0.29, 0.717) is 15.7 Å². The number of nitrogen functional groups attached to an aromatic ring is 1. The van der Waals surface area contributed by atoms with E-state index in [1.54, 1.807) is 18.2 Å². The zero-order valence-electron chi connectivity index (χ0n) is 9.85. The van der Waals surface area contributed by atoms with Gasteiger partial charge in [0, 0.05) is 10.5 Å². The quantitative estimate of drug-likeness (QED) is 0.505. The first-order valence-corrected chi connectivity index (χ1v) is 6.30. The van der Waals surface area contributed by atoms with Crippen molar-refractivity contribution in [1.29, 1.82) is 0 Å². The van der Waals surface area contributed by atoms with Crippen LogP contribution in [0.5, 0.6) is 0 Å². The van der Waals surface area contributed by atoms with Gasteiger partial charge in [0.1, 0.15) is 23.0 Å². The van der Waals surface area contributed by atoms with Crippen molar-refractivity contribution in [3.8, 4) is 0 Å². The number of rotatable bonds is 4. The molecule has 0 aliphatic heterocycles. The van der Waals surface area contributed by atoms with Crippen LogP contribution in [0, 0.1) is 5.82 Å². The molecule has 0 atom stereocenters. The van der Waals surface area contributed by atoms with Crippen LogP contribution in [0.15, 0.2) is 40.5 Å². The summed E-state index contributed by atoms with van der Waals surface area (Å²) in [5, 5.41) is 0.713. The average molecular weight is 264 g/mol. The zero-order valence-corrected chi connectivity index (χ0v) is 10.7. The summed E-state index contributed by atoms with van der Waals surface area (Å²) in [6.45, 7) is 1.98. The first-order valence-electron chi connectivity index (χ1n) is 5.49. The highest BCUT2D eigenvalue weighted by Gasteiger charge is 2.12. The van der Waals surface area contributed by atoms with Gasteiger partial charge in [-0.25, -0.2) is 20.2 Å². The van der Waals surface area contributed by atoms with Crippen LogP contribution in [0.4, 0.5) is 10.2 Å². The Bertz CT molecular complexity index is 547. The Labute approximate surface area is 109 Å². The molecule has 18 heavy (non-hydrogen) atoms. The number of hydrogen-bond donors (Lipinski definition) is 2. The van der Waals surface area contributed by atoms with Gasteiger partial charge in [-0.05, 0) is 18.6 Å². The molecular weight excluding hydrogens is 251 g/mol. The second kappa shape index (κ2) is 5.79. The molecular formula is C12H13FN4S. The van der Waals surface area contributed by atoms with Crippen LogP contribution in [0.2, 0.25) is 0 Å². The molecule has 0 spiro atoms. The topological polar surface area (TPSA) is 63.8 Å². The molecule has 0 aliphatic rings. The molecule has 0 amide bonds. The molecule has 0 radical (unpaired) electrons. The van der Waals surface area contributed by atoms with E-state index in [9.17, 15) is 4.39 Å². The molecule has 1 aromatic heterocycles. The Hall–Kier alpha value is -1.66. The monoisotopic (exact) mass is 264 g/mol. The van der Waals surface area contributed by atoms with E-state index in [1.165, 1.54) is 24.2 Å². The SMILES string of the molecule is CCc1c(NN)ncnc1Sc1ccccc1F. The van der Waals surface area contributed by atoms with Crippen LogP contribution in [0.3, 0.4) is 0 Å². The number of nitrogens with one attached hydrogen (secondary N) is 1. The van der Waals surface area contributed by atoms with Crippen molar-refractivity contribution in [1.82, 2.24) is 9.97 Å². The molecule has 0 saturated heterocycles. The largest absolute Gasteiger partial charge is 0.308 e. The van der Waals surface area contributed by atoms with Gasteiger partial charge in [0.2, 0.25) is 0 Å². The molecule has 0 aliphatic carbocycles. The third-order valence-corrected chi connectivity index (χ3v) is 3.54. The van der Waals surface area contributed by atoms with Crippen LogP contribution in [-0.4, -0.2) is 9.97 Å². The maximum absolute atomic E-state index is 13.6. The van der Waals surface area contributed by atoms with Crippen molar-refractivity contribution in [2.24, 2.45) is 5.84 Å². The summed E-state index contributed by atoms with van der Waals surface area (Å²) in [6, 6.07) is 6.60. The van der Waals surface area contributed by atoms with Gasteiger partial charge < -0.3 is 5.43 Å². The third kappa shape index (κ3) is 2.60. The predicted molar refractivity (Wildman–Crippen MR) is 69.7 cm³/mol. The molecule has 2 rings (SSSR count). The number of anilines is 1. The predicted octanol–water partition coefficient (Wildman–Crippen LogP) is 2.61. The van der Waals surface area contributed by atoms with Crippen LogP contribution in [0.1, 0.15) is 12.5 Å². The molecule has 1 heterocycles. The summed E-state index contributed by atoms with van der Waals surface area (Å²) < 4.78 is 13.6. The molecule has 0 fully saturated rings. The van der Waals surface area contributed by atoms with Crippen molar-refractivity contribution in [3.05, 3.63) is 42.0 Å². The minimum atomic E-state index is -0.259. The van der Waals surface area contributed by atoms with Crippen LogP contribution in [-0.2, 0) is 6.42 Å². The molecule has 0 unspecified atom stereocenters. The number of nitrogens with zero attached hydrogens (tertiary/aromatic N) is 2. The maximum Gasteiger partial charge on any atom is 0.147 e. The highest BCUT2D eigenvalue weighted by molar-refractivity contribution is 7.99. The highest BCUT2D eigenvalue weighted by Crippen LogP contribution is 2.32. The Morgan fingerprint density at radius 1 is 1.33 bits per heavy atom. The lowest BCUT2D eigenvalue weighted by molar-refractivity contribution is 0.602. The van der Waals surface area contributed by atoms with E-state index >= 15 is 0 Å². The fraction of sp³-hybridized carbons (Fsp3) is 0.167. The normalized spacial score (nSPS) is 10.4. The lowest BCUT2D eigenvalue weighted by atomic mass is 10.2. The number of benzene rings is 1. The maximum atomic E-state index is 13.6. The minimum Gasteiger partial charge on any atom is -0.308 e. The number of halogens is 1. The lowest BCUT2D eigenvalue weighted by Crippen LogP contribution is -2.12. The Morgan fingerprint density at radius 2 is 2.11 bits per heavy atom. The van der Waals surface area contributed by atoms with Crippen molar-refractivity contribution >= 4 is 17.6 Å². The Morgan fingerprint density at radius 3 is 2.78 bits per heavy atom. The van der Waals surface area contributed by atoms with Crippen LogP contribution in [0.25, 0.3) is 0 Å². The zero-order chi connectivity index (χ0) is 13.0. The molecule has 4 nitrogen and oxygen atoms in total. The van der Waals surface area contributed by atoms with E-state index in [4.69, 9.17) is 5.84 Å². The number of nitrogens with two attached hydrogens (primary N) is 1. The third-order valence-electron chi connectivity index (χ3n) is 2.44. The van der Waals surface area contributed by atoms with Gasteiger partial charge in [-0.3, -0.25) is 0 Å². The second-order valence-corrected chi connectivity index (χ2v) is 4.57. The molecule has 6 heteroatoms.